The number of aldehydes is 1. The third-order valence-corrected chi connectivity index (χ3v) is 2.49. The standard InChI is InChI=1S/C13H12N2O3/c1-17-12-11(7-14-13(15-12)18-2)10-6-4-3-5-9(10)8-16/h3-8H,1-2H3. The van der Waals surface area contributed by atoms with Crippen LogP contribution in [0.2, 0.25) is 0 Å². The van der Waals surface area contributed by atoms with Gasteiger partial charge in [0, 0.05) is 11.8 Å². The van der Waals surface area contributed by atoms with Crippen LogP contribution in [-0.4, -0.2) is 30.5 Å². The molecule has 1 aromatic carbocycles. The number of benzene rings is 1. The molecule has 1 heterocycles. The van der Waals surface area contributed by atoms with Gasteiger partial charge in [-0.05, 0) is 5.56 Å². The van der Waals surface area contributed by atoms with E-state index in [1.54, 1.807) is 18.3 Å². The van der Waals surface area contributed by atoms with Crippen molar-refractivity contribution in [1.82, 2.24) is 9.97 Å². The minimum atomic E-state index is 0.221. The van der Waals surface area contributed by atoms with Crippen molar-refractivity contribution in [2.45, 2.75) is 0 Å². The average Bonchev–Trinajstić information content (AvgIpc) is 2.46. The van der Waals surface area contributed by atoms with Crippen molar-refractivity contribution < 1.29 is 14.3 Å². The van der Waals surface area contributed by atoms with Gasteiger partial charge in [0.25, 0.3) is 0 Å². The third kappa shape index (κ3) is 2.15. The minimum Gasteiger partial charge on any atom is -0.480 e. The van der Waals surface area contributed by atoms with Gasteiger partial charge in [0.2, 0.25) is 5.88 Å². The van der Waals surface area contributed by atoms with Crippen LogP contribution in [0.5, 0.6) is 11.9 Å². The Morgan fingerprint density at radius 1 is 1.11 bits per heavy atom. The second-order valence-electron chi connectivity index (χ2n) is 3.48. The predicted octanol–water partition coefficient (Wildman–Crippen LogP) is 1.97. The molecule has 0 atom stereocenters. The van der Waals surface area contributed by atoms with Crippen molar-refractivity contribution in [3.63, 3.8) is 0 Å². The van der Waals surface area contributed by atoms with E-state index in [1.165, 1.54) is 14.2 Å². The summed E-state index contributed by atoms with van der Waals surface area (Å²) in [6.45, 7) is 0. The molecule has 0 aliphatic rings. The lowest BCUT2D eigenvalue weighted by Crippen LogP contribution is -1.98. The second kappa shape index (κ2) is 5.27. The van der Waals surface area contributed by atoms with Gasteiger partial charge < -0.3 is 9.47 Å². The summed E-state index contributed by atoms with van der Waals surface area (Å²) in [5.74, 6) is 0.371. The summed E-state index contributed by atoms with van der Waals surface area (Å²) >= 11 is 0. The molecule has 5 nitrogen and oxygen atoms in total. The Morgan fingerprint density at radius 3 is 2.56 bits per heavy atom. The van der Waals surface area contributed by atoms with Crippen molar-refractivity contribution in [2.75, 3.05) is 14.2 Å². The van der Waals surface area contributed by atoms with Crippen molar-refractivity contribution in [1.29, 1.82) is 0 Å². The van der Waals surface area contributed by atoms with Crippen molar-refractivity contribution in [3.05, 3.63) is 36.0 Å². The molecule has 18 heavy (non-hydrogen) atoms. The maximum atomic E-state index is 11.0. The van der Waals surface area contributed by atoms with Gasteiger partial charge in [-0.3, -0.25) is 4.79 Å². The zero-order chi connectivity index (χ0) is 13.0. The van der Waals surface area contributed by atoms with E-state index in [2.05, 4.69) is 9.97 Å². The van der Waals surface area contributed by atoms with Gasteiger partial charge in [-0.1, -0.05) is 24.3 Å². The number of aromatic nitrogens is 2. The highest BCUT2D eigenvalue weighted by atomic mass is 16.5. The van der Waals surface area contributed by atoms with Gasteiger partial charge in [-0.25, -0.2) is 4.98 Å². The predicted molar refractivity (Wildman–Crippen MR) is 66.0 cm³/mol. The minimum absolute atomic E-state index is 0.221. The Morgan fingerprint density at radius 2 is 1.89 bits per heavy atom. The van der Waals surface area contributed by atoms with Crippen LogP contribution in [0.25, 0.3) is 11.1 Å². The summed E-state index contributed by atoms with van der Waals surface area (Å²) in [4.78, 5) is 19.1. The molecule has 0 radical (unpaired) electrons. The van der Waals surface area contributed by atoms with Gasteiger partial charge in [0.15, 0.2) is 6.29 Å². The highest BCUT2D eigenvalue weighted by molar-refractivity contribution is 5.88. The molecule has 0 saturated carbocycles. The van der Waals surface area contributed by atoms with Gasteiger partial charge >= 0.3 is 6.01 Å². The first kappa shape index (κ1) is 12.0. The number of carbonyl (C=O) groups is 1. The van der Waals surface area contributed by atoms with Crippen LogP contribution in [0, 0.1) is 0 Å². The molecule has 0 bridgehead atoms. The fourth-order valence-electron chi connectivity index (χ4n) is 1.63. The summed E-state index contributed by atoms with van der Waals surface area (Å²) in [5.41, 5.74) is 1.94. The Balaban J connectivity index is 2.59. The molecule has 0 fully saturated rings. The van der Waals surface area contributed by atoms with E-state index in [0.717, 1.165) is 11.8 Å². The first-order valence-electron chi connectivity index (χ1n) is 5.29. The summed E-state index contributed by atoms with van der Waals surface area (Å²) < 4.78 is 10.1. The van der Waals surface area contributed by atoms with Crippen LogP contribution in [0.1, 0.15) is 10.4 Å². The third-order valence-electron chi connectivity index (χ3n) is 2.49. The van der Waals surface area contributed by atoms with Crippen molar-refractivity contribution in [2.24, 2.45) is 0 Å². The number of hydrogen-bond donors (Lipinski definition) is 0. The lowest BCUT2D eigenvalue weighted by Gasteiger charge is -2.09. The van der Waals surface area contributed by atoms with Crippen LogP contribution in [0.4, 0.5) is 0 Å². The van der Waals surface area contributed by atoms with Gasteiger partial charge in [0.1, 0.15) is 0 Å². The van der Waals surface area contributed by atoms with E-state index < -0.39 is 0 Å². The lowest BCUT2D eigenvalue weighted by molar-refractivity contribution is 0.112. The summed E-state index contributed by atoms with van der Waals surface area (Å²) in [7, 11) is 2.99. The van der Waals surface area contributed by atoms with Crippen molar-refractivity contribution >= 4 is 6.29 Å². The van der Waals surface area contributed by atoms with E-state index in [9.17, 15) is 4.79 Å². The first-order chi connectivity index (χ1) is 8.80. The molecular formula is C13H12N2O3. The number of hydrogen-bond acceptors (Lipinski definition) is 5. The normalized spacial score (nSPS) is 9.89. The fourth-order valence-corrected chi connectivity index (χ4v) is 1.63. The maximum Gasteiger partial charge on any atom is 0.319 e. The number of nitrogens with zero attached hydrogens (tertiary/aromatic N) is 2. The molecule has 2 rings (SSSR count). The van der Waals surface area contributed by atoms with Crippen LogP contribution in [0.15, 0.2) is 30.5 Å². The SMILES string of the molecule is COc1ncc(-c2ccccc2C=O)c(OC)n1. The quantitative estimate of drug-likeness (QED) is 0.769. The molecule has 92 valence electrons. The second-order valence-corrected chi connectivity index (χ2v) is 3.48. The molecule has 0 amide bonds. The van der Waals surface area contributed by atoms with E-state index in [1.807, 2.05) is 12.1 Å². The highest BCUT2D eigenvalue weighted by Gasteiger charge is 2.13. The topological polar surface area (TPSA) is 61.3 Å². The summed E-state index contributed by atoms with van der Waals surface area (Å²) in [6, 6.07) is 7.40. The van der Waals surface area contributed by atoms with Gasteiger partial charge in [-0.15, -0.1) is 0 Å². The van der Waals surface area contributed by atoms with E-state index >= 15 is 0 Å². The highest BCUT2D eigenvalue weighted by Crippen LogP contribution is 2.30. The van der Waals surface area contributed by atoms with Gasteiger partial charge in [0.05, 0.1) is 19.8 Å². The smallest absolute Gasteiger partial charge is 0.319 e. The van der Waals surface area contributed by atoms with E-state index in [-0.39, 0.29) is 6.01 Å². The number of carbonyl (C=O) groups excluding carboxylic acids is 1. The average molecular weight is 244 g/mol. The summed E-state index contributed by atoms with van der Waals surface area (Å²) in [6.07, 6.45) is 2.37. The molecule has 0 unspecified atom stereocenters. The first-order valence-corrected chi connectivity index (χ1v) is 5.29. The number of ether oxygens (including phenoxy) is 2. The zero-order valence-corrected chi connectivity index (χ0v) is 10.1. The molecule has 2 aromatic rings. The lowest BCUT2D eigenvalue weighted by atomic mass is 10.0. The molecular weight excluding hydrogens is 232 g/mol. The molecule has 0 spiro atoms. The van der Waals surface area contributed by atoms with E-state index in [4.69, 9.17) is 9.47 Å². The fraction of sp³-hybridized carbons (Fsp3) is 0.154. The van der Waals surface area contributed by atoms with Crippen molar-refractivity contribution in [3.8, 4) is 23.0 Å². The molecule has 0 aliphatic carbocycles. The van der Waals surface area contributed by atoms with Crippen LogP contribution < -0.4 is 9.47 Å². The Bertz CT molecular complexity index is 570. The van der Waals surface area contributed by atoms with Crippen LogP contribution >= 0.6 is 0 Å². The zero-order valence-electron chi connectivity index (χ0n) is 10.1. The van der Waals surface area contributed by atoms with Crippen LogP contribution in [0.3, 0.4) is 0 Å². The Kier molecular flexibility index (Phi) is 3.52. The van der Waals surface area contributed by atoms with Crippen LogP contribution in [-0.2, 0) is 0 Å². The molecule has 5 heteroatoms. The van der Waals surface area contributed by atoms with Gasteiger partial charge in [-0.2, -0.15) is 4.98 Å². The Labute approximate surface area is 104 Å². The number of rotatable bonds is 4. The molecule has 1 aromatic heterocycles. The number of methoxy groups -OCH3 is 2. The molecule has 0 aliphatic heterocycles. The maximum absolute atomic E-state index is 11.0. The monoisotopic (exact) mass is 244 g/mol. The van der Waals surface area contributed by atoms with E-state index in [0.29, 0.717) is 17.0 Å². The molecule has 0 saturated heterocycles. The summed E-state index contributed by atoms with van der Waals surface area (Å²) in [5, 5.41) is 0. The molecule has 0 N–H and O–H groups in total. The Hall–Kier alpha value is -2.43. The largest absolute Gasteiger partial charge is 0.480 e.